The summed E-state index contributed by atoms with van der Waals surface area (Å²) < 4.78 is 5.49. The van der Waals surface area contributed by atoms with Gasteiger partial charge >= 0.3 is 0 Å². The molecule has 0 radical (unpaired) electrons. The number of carbonyl (C=O) groups excluding carboxylic acids is 2. The lowest BCUT2D eigenvalue weighted by molar-refractivity contribution is -0.140. The minimum Gasteiger partial charge on any atom is -0.507 e. The molecule has 29 heavy (non-hydrogen) atoms. The van der Waals surface area contributed by atoms with Gasteiger partial charge < -0.3 is 19.6 Å². The van der Waals surface area contributed by atoms with Crippen LogP contribution in [0.15, 0.2) is 54.1 Å². The molecule has 1 atom stereocenters. The summed E-state index contributed by atoms with van der Waals surface area (Å²) in [4.78, 5) is 29.3. The van der Waals surface area contributed by atoms with E-state index in [1.54, 1.807) is 25.3 Å². The number of aliphatic hydroxyl groups is 1. The molecule has 0 bridgehead atoms. The first-order chi connectivity index (χ1) is 13.8. The summed E-state index contributed by atoms with van der Waals surface area (Å²) in [6.45, 7) is 2.88. The number of rotatable bonds is 6. The number of Topliss-reactive ketones (excluding diaryl/α,β-unsaturated/α-hetero) is 1. The van der Waals surface area contributed by atoms with Gasteiger partial charge in [-0.15, -0.1) is 0 Å². The van der Waals surface area contributed by atoms with E-state index in [0.717, 1.165) is 5.56 Å². The van der Waals surface area contributed by atoms with Gasteiger partial charge in [0.15, 0.2) is 0 Å². The molecule has 0 aromatic heterocycles. The molecule has 2 aromatic rings. The van der Waals surface area contributed by atoms with Crippen molar-refractivity contribution in [3.05, 3.63) is 70.8 Å². The molecule has 1 aliphatic heterocycles. The highest BCUT2D eigenvalue weighted by molar-refractivity contribution is 6.46. The monoisotopic (exact) mass is 394 g/mol. The van der Waals surface area contributed by atoms with Gasteiger partial charge in [0, 0.05) is 24.2 Å². The minimum absolute atomic E-state index is 0.0853. The minimum atomic E-state index is -0.715. The fourth-order valence-electron chi connectivity index (χ4n) is 3.50. The quantitative estimate of drug-likeness (QED) is 0.463. The first kappa shape index (κ1) is 20.6. The molecule has 0 aliphatic carbocycles. The maximum atomic E-state index is 13.0. The Kier molecular flexibility index (Phi) is 6.03. The fraction of sp³-hybridized carbons (Fsp3) is 0.304. The van der Waals surface area contributed by atoms with Gasteiger partial charge in [-0.3, -0.25) is 9.59 Å². The maximum absolute atomic E-state index is 13.0. The van der Waals surface area contributed by atoms with Crippen LogP contribution in [0.3, 0.4) is 0 Å². The molecule has 1 aliphatic rings. The Bertz CT molecular complexity index is 948. The third kappa shape index (κ3) is 4.03. The Morgan fingerprint density at radius 1 is 1.10 bits per heavy atom. The normalized spacial score (nSPS) is 18.5. The van der Waals surface area contributed by atoms with Crippen LogP contribution in [-0.4, -0.2) is 60.9 Å². The van der Waals surface area contributed by atoms with Crippen molar-refractivity contribution >= 4 is 17.4 Å². The van der Waals surface area contributed by atoms with Crippen molar-refractivity contribution in [2.45, 2.75) is 13.0 Å². The van der Waals surface area contributed by atoms with Crippen LogP contribution in [0.4, 0.5) is 0 Å². The third-order valence-electron chi connectivity index (χ3n) is 5.09. The SMILES string of the molecule is COc1ccccc1C1/C(=C(/O)c2ccc(C)cc2)C(=O)C(=O)N1CCN(C)C. The maximum Gasteiger partial charge on any atom is 0.295 e. The lowest BCUT2D eigenvalue weighted by Gasteiger charge is -2.27. The standard InChI is InChI=1S/C23H26N2O4/c1-15-9-11-16(12-10-15)21(26)19-20(17-7-5-6-8-18(17)29-4)25(14-13-24(2)3)23(28)22(19)27/h5-12,20,26H,13-14H2,1-4H3/b21-19-. The summed E-state index contributed by atoms with van der Waals surface area (Å²) in [5, 5.41) is 11.0. The molecule has 1 heterocycles. The molecule has 1 fully saturated rings. The molecule has 1 amide bonds. The predicted molar refractivity (Wildman–Crippen MR) is 112 cm³/mol. The predicted octanol–water partition coefficient (Wildman–Crippen LogP) is 2.99. The third-order valence-corrected chi connectivity index (χ3v) is 5.09. The molecule has 0 spiro atoms. The van der Waals surface area contributed by atoms with Crippen LogP contribution in [0, 0.1) is 6.92 Å². The van der Waals surface area contributed by atoms with Crippen LogP contribution in [0.2, 0.25) is 0 Å². The van der Waals surface area contributed by atoms with Crippen LogP contribution in [0.25, 0.3) is 5.76 Å². The van der Waals surface area contributed by atoms with Crippen LogP contribution < -0.4 is 4.74 Å². The average molecular weight is 394 g/mol. The van der Waals surface area contributed by atoms with E-state index in [2.05, 4.69) is 0 Å². The zero-order valence-electron chi connectivity index (χ0n) is 17.2. The Balaban J connectivity index is 2.18. The summed E-state index contributed by atoms with van der Waals surface area (Å²) in [5.41, 5.74) is 2.29. The molecule has 1 saturated heterocycles. The lowest BCUT2D eigenvalue weighted by Crippen LogP contribution is -2.35. The molecule has 6 nitrogen and oxygen atoms in total. The van der Waals surface area contributed by atoms with Crippen LogP contribution >= 0.6 is 0 Å². The van der Waals surface area contributed by atoms with Crippen molar-refractivity contribution in [3.63, 3.8) is 0 Å². The number of hydrogen-bond acceptors (Lipinski definition) is 5. The topological polar surface area (TPSA) is 70.1 Å². The highest BCUT2D eigenvalue weighted by Crippen LogP contribution is 2.42. The fourth-order valence-corrected chi connectivity index (χ4v) is 3.50. The molecular weight excluding hydrogens is 368 g/mol. The first-order valence-corrected chi connectivity index (χ1v) is 9.48. The summed E-state index contributed by atoms with van der Waals surface area (Å²) >= 11 is 0. The molecule has 3 rings (SSSR count). The Labute approximate surface area is 171 Å². The highest BCUT2D eigenvalue weighted by Gasteiger charge is 2.46. The number of methoxy groups -OCH3 is 1. The second kappa shape index (κ2) is 8.49. The molecule has 1 unspecified atom stereocenters. The van der Waals surface area contributed by atoms with Crippen LogP contribution in [0.5, 0.6) is 5.75 Å². The van der Waals surface area contributed by atoms with Gasteiger partial charge in [0.05, 0.1) is 18.7 Å². The van der Waals surface area contributed by atoms with Gasteiger partial charge in [-0.25, -0.2) is 0 Å². The van der Waals surface area contributed by atoms with Crippen molar-refractivity contribution in [1.82, 2.24) is 9.80 Å². The summed E-state index contributed by atoms with van der Waals surface area (Å²) in [6.07, 6.45) is 0. The van der Waals surface area contributed by atoms with Crippen molar-refractivity contribution in [2.24, 2.45) is 0 Å². The zero-order valence-corrected chi connectivity index (χ0v) is 17.2. The van der Waals surface area contributed by atoms with E-state index in [0.29, 0.717) is 30.0 Å². The van der Waals surface area contributed by atoms with Gasteiger partial charge in [0.1, 0.15) is 11.5 Å². The lowest BCUT2D eigenvalue weighted by atomic mass is 9.94. The average Bonchev–Trinajstić information content (AvgIpc) is 2.96. The van der Waals surface area contributed by atoms with Crippen LogP contribution in [0.1, 0.15) is 22.7 Å². The van der Waals surface area contributed by atoms with Crippen LogP contribution in [-0.2, 0) is 9.59 Å². The van der Waals surface area contributed by atoms with E-state index in [-0.39, 0.29) is 11.3 Å². The molecule has 1 N–H and O–H groups in total. The first-order valence-electron chi connectivity index (χ1n) is 9.48. The number of amides is 1. The van der Waals surface area contributed by atoms with Crippen molar-refractivity contribution in [3.8, 4) is 5.75 Å². The number of hydrogen-bond donors (Lipinski definition) is 1. The Morgan fingerprint density at radius 2 is 1.76 bits per heavy atom. The number of aryl methyl sites for hydroxylation is 1. The largest absolute Gasteiger partial charge is 0.507 e. The van der Waals surface area contributed by atoms with Gasteiger partial charge in [0.25, 0.3) is 11.7 Å². The van der Waals surface area contributed by atoms with E-state index >= 15 is 0 Å². The molecule has 0 saturated carbocycles. The van der Waals surface area contributed by atoms with Crippen molar-refractivity contribution in [2.75, 3.05) is 34.3 Å². The van der Waals surface area contributed by atoms with Gasteiger partial charge in [-0.1, -0.05) is 48.0 Å². The molecule has 6 heteroatoms. The smallest absolute Gasteiger partial charge is 0.295 e. The number of nitrogens with zero attached hydrogens (tertiary/aromatic N) is 2. The van der Waals surface area contributed by atoms with Gasteiger partial charge in [0.2, 0.25) is 0 Å². The highest BCUT2D eigenvalue weighted by atomic mass is 16.5. The number of aliphatic hydroxyl groups excluding tert-OH is 1. The van der Waals surface area contributed by atoms with E-state index in [1.165, 1.54) is 4.90 Å². The van der Waals surface area contributed by atoms with Gasteiger partial charge in [-0.05, 0) is 27.1 Å². The Hall–Kier alpha value is -3.12. The number of carbonyl (C=O) groups is 2. The zero-order chi connectivity index (χ0) is 21.1. The number of likely N-dealkylation sites (N-methyl/N-ethyl adjacent to an activating group) is 1. The van der Waals surface area contributed by atoms with Gasteiger partial charge in [-0.2, -0.15) is 0 Å². The molecular formula is C23H26N2O4. The number of benzene rings is 2. The summed E-state index contributed by atoms with van der Waals surface area (Å²) in [6, 6.07) is 13.8. The van der Waals surface area contributed by atoms with E-state index in [9.17, 15) is 14.7 Å². The number of para-hydroxylation sites is 1. The van der Waals surface area contributed by atoms with E-state index in [1.807, 2.05) is 56.3 Å². The summed E-state index contributed by atoms with van der Waals surface area (Å²) in [7, 11) is 5.35. The second-order valence-corrected chi connectivity index (χ2v) is 7.40. The second-order valence-electron chi connectivity index (χ2n) is 7.40. The van der Waals surface area contributed by atoms with Crippen molar-refractivity contribution < 1.29 is 19.4 Å². The molecule has 2 aromatic carbocycles. The number of ketones is 1. The van der Waals surface area contributed by atoms with Crippen molar-refractivity contribution in [1.29, 1.82) is 0 Å². The molecule has 152 valence electrons. The van der Waals surface area contributed by atoms with E-state index < -0.39 is 17.7 Å². The number of likely N-dealkylation sites (tertiary alicyclic amines) is 1. The number of ether oxygens (including phenoxy) is 1. The Morgan fingerprint density at radius 3 is 2.38 bits per heavy atom. The summed E-state index contributed by atoms with van der Waals surface area (Å²) in [5.74, 6) is -0.912. The van der Waals surface area contributed by atoms with E-state index in [4.69, 9.17) is 4.74 Å².